The highest BCUT2D eigenvalue weighted by atomic mass is 16.6. The van der Waals surface area contributed by atoms with Crippen molar-refractivity contribution in [3.63, 3.8) is 0 Å². The van der Waals surface area contributed by atoms with Gasteiger partial charge in [-0.1, -0.05) is 0 Å². The third kappa shape index (κ3) is 4.04. The largest absolute Gasteiger partial charge is 0.454 e. The molecule has 1 fully saturated rings. The fourth-order valence-electron chi connectivity index (χ4n) is 2.06. The van der Waals surface area contributed by atoms with Crippen molar-refractivity contribution >= 4 is 29.2 Å². The number of anilines is 1. The summed E-state index contributed by atoms with van der Waals surface area (Å²) >= 11 is 0. The number of ether oxygens (including phenoxy) is 1. The first kappa shape index (κ1) is 16.9. The molecule has 24 heavy (non-hydrogen) atoms. The van der Waals surface area contributed by atoms with E-state index in [-0.39, 0.29) is 29.3 Å². The lowest BCUT2D eigenvalue weighted by Gasteiger charge is -2.11. The molecule has 2 amide bonds. The Labute approximate surface area is 135 Å². The summed E-state index contributed by atoms with van der Waals surface area (Å²) < 4.78 is 4.79. The molecule has 0 aliphatic carbocycles. The number of carbonyl (C=O) groups excluding carboxylic acids is 3. The van der Waals surface area contributed by atoms with Crippen LogP contribution in [0.3, 0.4) is 0 Å². The molecule has 1 aromatic rings. The second kappa shape index (κ2) is 7.19. The van der Waals surface area contributed by atoms with Gasteiger partial charge < -0.3 is 15.4 Å². The van der Waals surface area contributed by atoms with Crippen LogP contribution in [0.4, 0.5) is 11.4 Å². The molecule has 2 rings (SSSR count). The zero-order valence-electron chi connectivity index (χ0n) is 12.3. The van der Waals surface area contributed by atoms with Gasteiger partial charge in [-0.05, 0) is 12.5 Å². The Kier molecular flexibility index (Phi) is 5.06. The van der Waals surface area contributed by atoms with Gasteiger partial charge in [0.25, 0.3) is 11.6 Å². The van der Waals surface area contributed by atoms with Crippen molar-refractivity contribution in [1.82, 2.24) is 5.32 Å². The van der Waals surface area contributed by atoms with Gasteiger partial charge in [-0.25, -0.2) is 4.79 Å². The van der Waals surface area contributed by atoms with Gasteiger partial charge >= 0.3 is 5.97 Å². The Morgan fingerprint density at radius 2 is 2.25 bits per heavy atom. The van der Waals surface area contributed by atoms with Crippen LogP contribution in [0.25, 0.3) is 0 Å². The average Bonchev–Trinajstić information content (AvgIpc) is 2.99. The number of carbonyl (C=O) groups is 3. The first-order valence-electron chi connectivity index (χ1n) is 6.85. The maximum Gasteiger partial charge on any atom is 0.329 e. The van der Waals surface area contributed by atoms with Gasteiger partial charge in [-0.3, -0.25) is 19.7 Å². The van der Waals surface area contributed by atoms with E-state index >= 15 is 0 Å². The number of amides is 2. The lowest BCUT2D eigenvalue weighted by molar-refractivity contribution is -0.384. The minimum atomic E-state index is -0.764. The van der Waals surface area contributed by atoms with E-state index in [4.69, 9.17) is 10.00 Å². The van der Waals surface area contributed by atoms with Crippen LogP contribution in [0, 0.1) is 21.4 Å². The molecule has 0 saturated carbocycles. The van der Waals surface area contributed by atoms with E-state index in [9.17, 15) is 24.5 Å². The number of nitro groups is 1. The van der Waals surface area contributed by atoms with Gasteiger partial charge in [0.05, 0.1) is 16.2 Å². The van der Waals surface area contributed by atoms with Crippen LogP contribution in [0.5, 0.6) is 0 Å². The van der Waals surface area contributed by atoms with Gasteiger partial charge in [0, 0.05) is 18.6 Å². The molecule has 2 N–H and O–H groups in total. The number of nitriles is 1. The van der Waals surface area contributed by atoms with E-state index in [1.807, 2.05) is 0 Å². The number of benzene rings is 1. The van der Waals surface area contributed by atoms with Crippen molar-refractivity contribution in [2.75, 3.05) is 11.9 Å². The minimum absolute atomic E-state index is 0.0679. The Balaban J connectivity index is 1.93. The average molecular weight is 332 g/mol. The van der Waals surface area contributed by atoms with Crippen LogP contribution in [-0.2, 0) is 19.1 Å². The third-order valence-electron chi connectivity index (χ3n) is 3.23. The summed E-state index contributed by atoms with van der Waals surface area (Å²) in [4.78, 5) is 44.4. The zero-order chi connectivity index (χ0) is 17.7. The highest BCUT2D eigenvalue weighted by Gasteiger charge is 2.28. The molecule has 1 aliphatic rings. The van der Waals surface area contributed by atoms with Crippen LogP contribution in [0.1, 0.15) is 18.4 Å². The quantitative estimate of drug-likeness (QED) is 0.444. The lowest BCUT2D eigenvalue weighted by Crippen LogP contribution is -2.36. The molecule has 124 valence electrons. The van der Waals surface area contributed by atoms with Gasteiger partial charge in [0.15, 0.2) is 6.61 Å². The van der Waals surface area contributed by atoms with Gasteiger partial charge in [-0.2, -0.15) is 5.26 Å². The molecule has 0 unspecified atom stereocenters. The van der Waals surface area contributed by atoms with Crippen molar-refractivity contribution in [2.24, 2.45) is 0 Å². The molecule has 0 bridgehead atoms. The van der Waals surface area contributed by atoms with Crippen molar-refractivity contribution in [1.29, 1.82) is 5.26 Å². The Morgan fingerprint density at radius 1 is 1.50 bits per heavy atom. The number of esters is 1. The Bertz CT molecular complexity index is 754. The molecule has 1 saturated heterocycles. The van der Waals surface area contributed by atoms with Crippen molar-refractivity contribution in [2.45, 2.75) is 18.9 Å². The Hall–Kier alpha value is -3.48. The van der Waals surface area contributed by atoms with Gasteiger partial charge in [0.2, 0.25) is 5.91 Å². The monoisotopic (exact) mass is 332 g/mol. The molecule has 0 radical (unpaired) electrons. The van der Waals surface area contributed by atoms with Crippen LogP contribution >= 0.6 is 0 Å². The van der Waals surface area contributed by atoms with E-state index in [0.717, 1.165) is 12.1 Å². The second-order valence-corrected chi connectivity index (χ2v) is 4.91. The molecule has 10 heteroatoms. The summed E-state index contributed by atoms with van der Waals surface area (Å²) in [7, 11) is 0. The highest BCUT2D eigenvalue weighted by molar-refractivity contribution is 5.95. The zero-order valence-corrected chi connectivity index (χ0v) is 12.3. The summed E-state index contributed by atoms with van der Waals surface area (Å²) in [6.45, 7) is -0.604. The van der Waals surface area contributed by atoms with Gasteiger partial charge in [0.1, 0.15) is 12.1 Å². The third-order valence-corrected chi connectivity index (χ3v) is 3.23. The fraction of sp³-hybridized carbons (Fsp3) is 0.286. The van der Waals surface area contributed by atoms with E-state index in [1.54, 1.807) is 6.07 Å². The molecular weight excluding hydrogens is 320 g/mol. The summed E-state index contributed by atoms with van der Waals surface area (Å²) in [5, 5.41) is 24.4. The molecule has 10 nitrogen and oxygen atoms in total. The fourth-order valence-corrected chi connectivity index (χ4v) is 2.06. The van der Waals surface area contributed by atoms with E-state index in [0.29, 0.717) is 6.42 Å². The predicted molar refractivity (Wildman–Crippen MR) is 78.6 cm³/mol. The van der Waals surface area contributed by atoms with Crippen LogP contribution < -0.4 is 10.6 Å². The summed E-state index contributed by atoms with van der Waals surface area (Å²) in [5.74, 6) is -1.69. The number of non-ortho nitro benzene ring substituents is 1. The smallest absolute Gasteiger partial charge is 0.329 e. The van der Waals surface area contributed by atoms with Crippen molar-refractivity contribution in [3.05, 3.63) is 33.9 Å². The molecule has 1 aromatic carbocycles. The first-order valence-corrected chi connectivity index (χ1v) is 6.85. The minimum Gasteiger partial charge on any atom is -0.454 e. The van der Waals surface area contributed by atoms with Gasteiger partial charge in [-0.15, -0.1) is 0 Å². The molecule has 0 spiro atoms. The highest BCUT2D eigenvalue weighted by Crippen LogP contribution is 2.21. The number of nitrogens with one attached hydrogen (secondary N) is 2. The number of hydrogen-bond donors (Lipinski definition) is 2. The molecule has 0 aromatic heterocycles. The second-order valence-electron chi connectivity index (χ2n) is 4.91. The summed E-state index contributed by atoms with van der Waals surface area (Å²) in [5.41, 5.74) is -0.307. The van der Waals surface area contributed by atoms with Crippen LogP contribution in [0.2, 0.25) is 0 Å². The van der Waals surface area contributed by atoms with E-state index < -0.39 is 29.4 Å². The van der Waals surface area contributed by atoms with Crippen LogP contribution in [-0.4, -0.2) is 35.4 Å². The molecule has 1 aliphatic heterocycles. The standard InChI is InChI=1S/C14H12N4O6/c15-6-8-5-9(18(22)23)1-2-10(8)16-13(20)7-24-14(21)11-3-4-12(19)17-11/h1-2,5,11H,3-4,7H2,(H,16,20)(H,17,19)/t11-/m0/s1. The molecular formula is C14H12N4O6. The Morgan fingerprint density at radius 3 is 2.83 bits per heavy atom. The molecule has 1 heterocycles. The molecule has 1 atom stereocenters. The predicted octanol–water partition coefficient (Wildman–Crippen LogP) is 0.227. The number of rotatable bonds is 5. The number of nitrogens with zero attached hydrogens (tertiary/aromatic N) is 2. The summed E-state index contributed by atoms with van der Waals surface area (Å²) in [6, 6.07) is 4.35. The topological polar surface area (TPSA) is 151 Å². The summed E-state index contributed by atoms with van der Waals surface area (Å²) in [6.07, 6.45) is 0.528. The maximum atomic E-state index is 11.8. The first-order chi connectivity index (χ1) is 11.4. The van der Waals surface area contributed by atoms with Crippen molar-refractivity contribution < 1.29 is 24.0 Å². The van der Waals surface area contributed by atoms with E-state index in [2.05, 4.69) is 10.6 Å². The maximum absolute atomic E-state index is 11.8. The normalized spacial score (nSPS) is 16.0. The van der Waals surface area contributed by atoms with Crippen molar-refractivity contribution in [3.8, 4) is 6.07 Å². The van der Waals surface area contributed by atoms with E-state index in [1.165, 1.54) is 6.07 Å². The van der Waals surface area contributed by atoms with Crippen LogP contribution in [0.15, 0.2) is 18.2 Å². The number of hydrogen-bond acceptors (Lipinski definition) is 7. The SMILES string of the molecule is N#Cc1cc([N+](=O)[O-])ccc1NC(=O)COC(=O)[C@@H]1CCC(=O)N1. The number of nitro benzene ring substituents is 1. The lowest BCUT2D eigenvalue weighted by atomic mass is 10.1.